The molecule has 1 aromatic rings. The fourth-order valence-electron chi connectivity index (χ4n) is 2.90. The molecule has 1 amide bonds. The largest absolute Gasteiger partial charge is 0.488 e. The van der Waals surface area contributed by atoms with E-state index in [0.717, 1.165) is 11.3 Å². The van der Waals surface area contributed by atoms with Crippen molar-refractivity contribution < 1.29 is 19.4 Å². The third-order valence-electron chi connectivity index (χ3n) is 3.88. The molecule has 1 aromatic carbocycles. The summed E-state index contributed by atoms with van der Waals surface area (Å²) in [7, 11) is 0. The van der Waals surface area contributed by atoms with Gasteiger partial charge in [0.15, 0.2) is 0 Å². The SMILES string of the molecule is CC(C)CC(CC(=O)O)C(=O)NC1c2ccccc2OC1C. The topological polar surface area (TPSA) is 75.6 Å². The number of nitrogens with one attached hydrogen (secondary N) is 1. The number of carbonyl (C=O) groups excluding carboxylic acids is 1. The summed E-state index contributed by atoms with van der Waals surface area (Å²) in [5.74, 6) is -0.638. The third kappa shape index (κ3) is 3.78. The number of carboxylic acids is 1. The van der Waals surface area contributed by atoms with Gasteiger partial charge in [0.05, 0.1) is 12.5 Å². The number of aliphatic carboxylic acids is 1. The number of amides is 1. The Hall–Kier alpha value is -2.04. The molecular weight excluding hydrogens is 282 g/mol. The molecule has 1 aliphatic rings. The van der Waals surface area contributed by atoms with Crippen LogP contribution in [0.5, 0.6) is 5.75 Å². The summed E-state index contributed by atoms with van der Waals surface area (Å²) < 4.78 is 5.73. The molecule has 0 bridgehead atoms. The molecule has 22 heavy (non-hydrogen) atoms. The van der Waals surface area contributed by atoms with Gasteiger partial charge < -0.3 is 15.2 Å². The van der Waals surface area contributed by atoms with Gasteiger partial charge in [-0.1, -0.05) is 32.0 Å². The Morgan fingerprint density at radius 1 is 1.32 bits per heavy atom. The van der Waals surface area contributed by atoms with Crippen molar-refractivity contribution in [2.75, 3.05) is 0 Å². The van der Waals surface area contributed by atoms with Crippen LogP contribution in [0.25, 0.3) is 0 Å². The van der Waals surface area contributed by atoms with E-state index in [1.807, 2.05) is 45.0 Å². The Morgan fingerprint density at radius 2 is 2.00 bits per heavy atom. The van der Waals surface area contributed by atoms with E-state index in [1.54, 1.807) is 0 Å². The molecule has 2 rings (SSSR count). The summed E-state index contributed by atoms with van der Waals surface area (Å²) in [6, 6.07) is 7.37. The zero-order valence-corrected chi connectivity index (χ0v) is 13.2. The molecular formula is C17H23NO4. The standard InChI is InChI=1S/C17H23NO4/c1-10(2)8-12(9-15(19)20)17(21)18-16-11(3)22-14-7-5-4-6-13(14)16/h4-7,10-12,16H,8-9H2,1-3H3,(H,18,21)(H,19,20). The molecule has 2 N–H and O–H groups in total. The predicted octanol–water partition coefficient (Wildman–Crippen LogP) is 2.76. The number of ether oxygens (including phenoxy) is 1. The van der Waals surface area contributed by atoms with Crippen molar-refractivity contribution in [3.63, 3.8) is 0 Å². The lowest BCUT2D eigenvalue weighted by Crippen LogP contribution is -2.39. The number of rotatable bonds is 6. The second-order valence-corrected chi connectivity index (χ2v) is 6.27. The maximum Gasteiger partial charge on any atom is 0.304 e. The smallest absolute Gasteiger partial charge is 0.304 e. The lowest BCUT2D eigenvalue weighted by molar-refractivity contribution is -0.141. The maximum absolute atomic E-state index is 12.5. The molecule has 0 aliphatic carbocycles. The molecule has 3 atom stereocenters. The number of para-hydroxylation sites is 1. The minimum absolute atomic E-state index is 0.145. The molecule has 5 heteroatoms. The van der Waals surface area contributed by atoms with Crippen LogP contribution in [-0.2, 0) is 9.59 Å². The normalized spacial score (nSPS) is 21.1. The van der Waals surface area contributed by atoms with E-state index in [-0.39, 0.29) is 30.4 Å². The molecule has 0 aromatic heterocycles. The summed E-state index contributed by atoms with van der Waals surface area (Å²) in [5, 5.41) is 12.0. The summed E-state index contributed by atoms with van der Waals surface area (Å²) in [6.07, 6.45) is 0.251. The van der Waals surface area contributed by atoms with Crippen molar-refractivity contribution in [3.05, 3.63) is 29.8 Å². The van der Waals surface area contributed by atoms with E-state index in [9.17, 15) is 9.59 Å². The third-order valence-corrected chi connectivity index (χ3v) is 3.88. The first-order valence-electron chi connectivity index (χ1n) is 7.66. The first kappa shape index (κ1) is 16.3. The van der Waals surface area contributed by atoms with Gasteiger partial charge in [0.1, 0.15) is 11.9 Å². The fourth-order valence-corrected chi connectivity index (χ4v) is 2.90. The zero-order chi connectivity index (χ0) is 16.3. The zero-order valence-electron chi connectivity index (χ0n) is 13.2. The Kier molecular flexibility index (Phi) is 5.06. The van der Waals surface area contributed by atoms with Gasteiger partial charge >= 0.3 is 5.97 Å². The molecule has 0 spiro atoms. The van der Waals surface area contributed by atoms with Gasteiger partial charge in [-0.3, -0.25) is 9.59 Å². The highest BCUT2D eigenvalue weighted by Crippen LogP contribution is 2.36. The van der Waals surface area contributed by atoms with Gasteiger partial charge in [-0.25, -0.2) is 0 Å². The molecule has 0 radical (unpaired) electrons. The van der Waals surface area contributed by atoms with E-state index in [2.05, 4.69) is 5.32 Å². The van der Waals surface area contributed by atoms with Gasteiger partial charge in [0, 0.05) is 11.5 Å². The van der Waals surface area contributed by atoms with Crippen LogP contribution in [0.15, 0.2) is 24.3 Å². The van der Waals surface area contributed by atoms with Crippen LogP contribution >= 0.6 is 0 Å². The summed E-state index contributed by atoms with van der Waals surface area (Å²) >= 11 is 0. The van der Waals surface area contributed by atoms with Crippen LogP contribution in [0.3, 0.4) is 0 Å². The van der Waals surface area contributed by atoms with Crippen molar-refractivity contribution in [2.24, 2.45) is 11.8 Å². The number of carboxylic acid groups (broad SMARTS) is 1. The second kappa shape index (κ2) is 6.81. The van der Waals surface area contributed by atoms with Gasteiger partial charge in [-0.2, -0.15) is 0 Å². The van der Waals surface area contributed by atoms with Crippen LogP contribution < -0.4 is 10.1 Å². The van der Waals surface area contributed by atoms with Crippen LogP contribution in [0.2, 0.25) is 0 Å². The first-order valence-corrected chi connectivity index (χ1v) is 7.66. The number of fused-ring (bicyclic) bond motifs is 1. The molecule has 1 aliphatic heterocycles. The second-order valence-electron chi connectivity index (χ2n) is 6.27. The van der Waals surface area contributed by atoms with Gasteiger partial charge in [-0.05, 0) is 25.3 Å². The molecule has 5 nitrogen and oxygen atoms in total. The molecule has 0 saturated carbocycles. The van der Waals surface area contributed by atoms with Gasteiger partial charge in [0.25, 0.3) is 0 Å². The molecule has 1 heterocycles. The van der Waals surface area contributed by atoms with E-state index in [1.165, 1.54) is 0 Å². The van der Waals surface area contributed by atoms with E-state index >= 15 is 0 Å². The maximum atomic E-state index is 12.5. The molecule has 120 valence electrons. The van der Waals surface area contributed by atoms with Crippen LogP contribution in [0.1, 0.15) is 45.2 Å². The van der Waals surface area contributed by atoms with Crippen LogP contribution in [0.4, 0.5) is 0 Å². The van der Waals surface area contributed by atoms with E-state index in [0.29, 0.717) is 6.42 Å². The average Bonchev–Trinajstić information content (AvgIpc) is 2.73. The highest BCUT2D eigenvalue weighted by Gasteiger charge is 2.34. The van der Waals surface area contributed by atoms with Crippen molar-refractivity contribution in [1.82, 2.24) is 5.32 Å². The van der Waals surface area contributed by atoms with Crippen LogP contribution in [0, 0.1) is 11.8 Å². The van der Waals surface area contributed by atoms with Crippen molar-refractivity contribution in [3.8, 4) is 5.75 Å². The number of benzene rings is 1. The Labute approximate surface area is 130 Å². The quantitative estimate of drug-likeness (QED) is 0.847. The minimum atomic E-state index is -0.947. The average molecular weight is 305 g/mol. The van der Waals surface area contributed by atoms with Gasteiger partial charge in [-0.15, -0.1) is 0 Å². The van der Waals surface area contributed by atoms with Crippen LogP contribution in [-0.4, -0.2) is 23.1 Å². The summed E-state index contributed by atoms with van der Waals surface area (Å²) in [4.78, 5) is 23.5. The first-order chi connectivity index (χ1) is 10.4. The van der Waals surface area contributed by atoms with E-state index < -0.39 is 11.9 Å². The highest BCUT2D eigenvalue weighted by atomic mass is 16.5. The molecule has 0 fully saturated rings. The fraction of sp³-hybridized carbons (Fsp3) is 0.529. The minimum Gasteiger partial charge on any atom is -0.488 e. The predicted molar refractivity (Wildman–Crippen MR) is 82.6 cm³/mol. The molecule has 0 saturated heterocycles. The Morgan fingerprint density at radius 3 is 2.64 bits per heavy atom. The summed E-state index contributed by atoms with van der Waals surface area (Å²) in [6.45, 7) is 5.87. The van der Waals surface area contributed by atoms with Crippen molar-refractivity contribution >= 4 is 11.9 Å². The number of carbonyl (C=O) groups is 2. The Balaban J connectivity index is 2.10. The molecule has 3 unspecified atom stereocenters. The van der Waals surface area contributed by atoms with E-state index in [4.69, 9.17) is 9.84 Å². The van der Waals surface area contributed by atoms with Gasteiger partial charge in [0.2, 0.25) is 5.91 Å². The number of hydrogen-bond acceptors (Lipinski definition) is 3. The highest BCUT2D eigenvalue weighted by molar-refractivity contribution is 5.83. The summed E-state index contributed by atoms with van der Waals surface area (Å²) in [5.41, 5.74) is 0.946. The van der Waals surface area contributed by atoms with Crippen molar-refractivity contribution in [1.29, 1.82) is 0 Å². The Bertz CT molecular complexity index is 555. The monoisotopic (exact) mass is 305 g/mol. The number of hydrogen-bond donors (Lipinski definition) is 2. The lowest BCUT2D eigenvalue weighted by atomic mass is 9.92. The lowest BCUT2D eigenvalue weighted by Gasteiger charge is -2.22. The van der Waals surface area contributed by atoms with Crippen molar-refractivity contribution in [2.45, 2.75) is 45.8 Å².